The molecule has 0 aliphatic rings. The second-order valence-electron chi connectivity index (χ2n) is 6.19. The van der Waals surface area contributed by atoms with Gasteiger partial charge in [-0.2, -0.15) is 0 Å². The van der Waals surface area contributed by atoms with E-state index < -0.39 is 34.0 Å². The van der Waals surface area contributed by atoms with Crippen LogP contribution in [-0.2, 0) is 19.6 Å². The van der Waals surface area contributed by atoms with Gasteiger partial charge in [0.15, 0.2) is 0 Å². The van der Waals surface area contributed by atoms with E-state index in [4.69, 9.17) is 10.8 Å². The van der Waals surface area contributed by atoms with Gasteiger partial charge in [-0.3, -0.25) is 14.9 Å². The van der Waals surface area contributed by atoms with Gasteiger partial charge in [-0.1, -0.05) is 20.8 Å². The zero-order valence-electron chi connectivity index (χ0n) is 14.5. The molecule has 0 saturated carbocycles. The van der Waals surface area contributed by atoms with Gasteiger partial charge in [-0.05, 0) is 43.0 Å². The second kappa shape index (κ2) is 8.82. The fourth-order valence-corrected chi connectivity index (χ4v) is 3.26. The van der Waals surface area contributed by atoms with Crippen LogP contribution in [-0.4, -0.2) is 37.5 Å². The Kier molecular flexibility index (Phi) is 7.38. The molecule has 140 valence electrons. The zero-order chi connectivity index (χ0) is 19.2. The molecule has 1 rings (SSSR count). The second-order valence-corrected chi connectivity index (χ2v) is 7.87. The molecule has 0 fully saturated rings. The average molecular weight is 371 g/mol. The molecule has 1 amide bonds. The Balaban J connectivity index is 2.96. The molecule has 0 aliphatic carbocycles. The number of rotatable bonds is 9. The molecule has 0 aliphatic heterocycles. The Hall–Kier alpha value is -2.13. The van der Waals surface area contributed by atoms with Gasteiger partial charge in [0.25, 0.3) is 15.9 Å². The highest BCUT2D eigenvalue weighted by Crippen LogP contribution is 2.13. The summed E-state index contributed by atoms with van der Waals surface area (Å²) >= 11 is 0. The summed E-state index contributed by atoms with van der Waals surface area (Å²) in [4.78, 5) is 23.5. The molecule has 1 aromatic rings. The van der Waals surface area contributed by atoms with Crippen LogP contribution in [0.5, 0.6) is 0 Å². The highest BCUT2D eigenvalue weighted by molar-refractivity contribution is 7.90. The lowest BCUT2D eigenvalue weighted by Gasteiger charge is -2.23. The Bertz CT molecular complexity index is 701. The number of sulfonamides is 1. The third-order valence-corrected chi connectivity index (χ3v) is 4.92. The van der Waals surface area contributed by atoms with E-state index in [9.17, 15) is 18.0 Å². The summed E-state index contributed by atoms with van der Waals surface area (Å²) in [5.74, 6) is -1.82. The Morgan fingerprint density at radius 1 is 1.16 bits per heavy atom. The summed E-state index contributed by atoms with van der Waals surface area (Å²) in [7, 11) is -4.06. The van der Waals surface area contributed by atoms with Gasteiger partial charge in [0, 0.05) is 5.69 Å². The SMILES string of the molecule is CCC(NC(CC(C)C)C(=O)NS(=O)(=O)c1ccc(N)cc1)C(=O)O. The van der Waals surface area contributed by atoms with E-state index in [2.05, 4.69) is 5.32 Å². The summed E-state index contributed by atoms with van der Waals surface area (Å²) in [6.07, 6.45) is 0.564. The van der Waals surface area contributed by atoms with Crippen LogP contribution in [0.1, 0.15) is 33.6 Å². The maximum Gasteiger partial charge on any atom is 0.320 e. The minimum Gasteiger partial charge on any atom is -0.480 e. The first kappa shape index (κ1) is 20.9. The van der Waals surface area contributed by atoms with Crippen LogP contribution in [0.4, 0.5) is 5.69 Å². The van der Waals surface area contributed by atoms with Crippen LogP contribution >= 0.6 is 0 Å². The average Bonchev–Trinajstić information content (AvgIpc) is 2.50. The lowest BCUT2D eigenvalue weighted by Crippen LogP contribution is -2.52. The van der Waals surface area contributed by atoms with E-state index in [1.165, 1.54) is 24.3 Å². The number of anilines is 1. The molecular formula is C16H25N3O5S. The fraction of sp³-hybridized carbons (Fsp3) is 0.500. The normalized spacial score (nSPS) is 14.1. The number of carboxylic acids is 1. The molecule has 0 aromatic heterocycles. The van der Waals surface area contributed by atoms with Gasteiger partial charge >= 0.3 is 5.97 Å². The highest BCUT2D eigenvalue weighted by atomic mass is 32.2. The zero-order valence-corrected chi connectivity index (χ0v) is 15.3. The molecule has 1 aromatic carbocycles. The van der Waals surface area contributed by atoms with Crippen LogP contribution in [0.2, 0.25) is 0 Å². The van der Waals surface area contributed by atoms with Crippen LogP contribution in [0.3, 0.4) is 0 Å². The van der Waals surface area contributed by atoms with Crippen molar-refractivity contribution in [3.63, 3.8) is 0 Å². The molecule has 0 radical (unpaired) electrons. The molecular weight excluding hydrogens is 346 g/mol. The topological polar surface area (TPSA) is 139 Å². The minimum absolute atomic E-state index is 0.0637. The van der Waals surface area contributed by atoms with Crippen molar-refractivity contribution in [3.05, 3.63) is 24.3 Å². The van der Waals surface area contributed by atoms with Crippen LogP contribution in [0.25, 0.3) is 0 Å². The summed E-state index contributed by atoms with van der Waals surface area (Å²) in [5, 5.41) is 11.9. The van der Waals surface area contributed by atoms with E-state index in [0.717, 1.165) is 0 Å². The van der Waals surface area contributed by atoms with Crippen molar-refractivity contribution in [2.75, 3.05) is 5.73 Å². The standard InChI is InChI=1S/C16H25N3O5S/c1-4-13(16(21)22)18-14(9-10(2)3)15(20)19-25(23,24)12-7-5-11(17)6-8-12/h5-8,10,13-14,18H,4,9,17H2,1-3H3,(H,19,20)(H,21,22). The molecule has 9 heteroatoms. The number of nitrogens with two attached hydrogens (primary N) is 1. The first-order valence-electron chi connectivity index (χ1n) is 7.97. The predicted molar refractivity (Wildman–Crippen MR) is 94.3 cm³/mol. The number of aliphatic carboxylic acids is 1. The van der Waals surface area contributed by atoms with E-state index in [-0.39, 0.29) is 17.2 Å². The first-order chi connectivity index (χ1) is 11.6. The summed E-state index contributed by atoms with van der Waals surface area (Å²) < 4.78 is 26.6. The van der Waals surface area contributed by atoms with Crippen LogP contribution < -0.4 is 15.8 Å². The monoisotopic (exact) mass is 371 g/mol. The fourth-order valence-electron chi connectivity index (χ4n) is 2.24. The predicted octanol–water partition coefficient (Wildman–Crippen LogP) is 0.941. The van der Waals surface area contributed by atoms with Gasteiger partial charge in [0.1, 0.15) is 6.04 Å². The number of amides is 1. The molecule has 25 heavy (non-hydrogen) atoms. The van der Waals surface area contributed by atoms with E-state index in [0.29, 0.717) is 12.1 Å². The van der Waals surface area contributed by atoms with Crippen molar-refractivity contribution in [2.45, 2.75) is 50.6 Å². The van der Waals surface area contributed by atoms with Gasteiger partial charge in [-0.15, -0.1) is 0 Å². The smallest absolute Gasteiger partial charge is 0.320 e. The molecule has 5 N–H and O–H groups in total. The number of carboxylic acid groups (broad SMARTS) is 1. The minimum atomic E-state index is -4.06. The maximum atomic E-state index is 12.4. The first-order valence-corrected chi connectivity index (χ1v) is 9.46. The van der Waals surface area contributed by atoms with Crippen molar-refractivity contribution >= 4 is 27.6 Å². The number of carbonyl (C=O) groups is 2. The Morgan fingerprint density at radius 3 is 2.16 bits per heavy atom. The summed E-state index contributed by atoms with van der Waals surface area (Å²) in [6, 6.07) is 3.54. The number of hydrogen-bond donors (Lipinski definition) is 4. The Morgan fingerprint density at radius 2 is 1.72 bits per heavy atom. The van der Waals surface area contributed by atoms with Crippen molar-refractivity contribution in [1.29, 1.82) is 0 Å². The van der Waals surface area contributed by atoms with Crippen molar-refractivity contribution < 1.29 is 23.1 Å². The number of benzene rings is 1. The van der Waals surface area contributed by atoms with Crippen molar-refractivity contribution in [1.82, 2.24) is 10.0 Å². The number of nitrogens with one attached hydrogen (secondary N) is 2. The highest BCUT2D eigenvalue weighted by Gasteiger charge is 2.29. The van der Waals surface area contributed by atoms with Gasteiger partial charge in [0.05, 0.1) is 10.9 Å². The van der Waals surface area contributed by atoms with Crippen LogP contribution in [0, 0.1) is 5.92 Å². The third kappa shape index (κ3) is 6.35. The largest absolute Gasteiger partial charge is 0.480 e. The number of hydrogen-bond acceptors (Lipinski definition) is 6. The summed E-state index contributed by atoms with van der Waals surface area (Å²) in [6.45, 7) is 5.39. The van der Waals surface area contributed by atoms with Gasteiger partial charge < -0.3 is 10.8 Å². The maximum absolute atomic E-state index is 12.4. The van der Waals surface area contributed by atoms with E-state index in [1.54, 1.807) is 6.92 Å². The quantitative estimate of drug-likeness (QED) is 0.474. The molecule has 0 heterocycles. The summed E-state index contributed by atoms with van der Waals surface area (Å²) in [5.41, 5.74) is 5.92. The number of carbonyl (C=O) groups excluding carboxylic acids is 1. The van der Waals surface area contributed by atoms with E-state index in [1.807, 2.05) is 18.6 Å². The van der Waals surface area contributed by atoms with Crippen LogP contribution in [0.15, 0.2) is 29.2 Å². The van der Waals surface area contributed by atoms with Gasteiger partial charge in [0.2, 0.25) is 0 Å². The molecule has 0 spiro atoms. The van der Waals surface area contributed by atoms with E-state index >= 15 is 0 Å². The molecule has 0 bridgehead atoms. The van der Waals surface area contributed by atoms with Crippen molar-refractivity contribution in [3.8, 4) is 0 Å². The Labute approximate surface area is 147 Å². The van der Waals surface area contributed by atoms with Crippen molar-refractivity contribution in [2.24, 2.45) is 5.92 Å². The number of nitrogen functional groups attached to an aromatic ring is 1. The lowest BCUT2D eigenvalue weighted by molar-refractivity contribution is -0.140. The molecule has 8 nitrogen and oxygen atoms in total. The molecule has 2 atom stereocenters. The molecule has 0 saturated heterocycles. The van der Waals surface area contributed by atoms with Gasteiger partial charge in [-0.25, -0.2) is 13.1 Å². The third-order valence-electron chi connectivity index (χ3n) is 3.56. The molecule has 2 unspecified atom stereocenters. The lowest BCUT2D eigenvalue weighted by atomic mass is 10.0.